The van der Waals surface area contributed by atoms with Gasteiger partial charge in [-0.05, 0) is 74.5 Å². The third kappa shape index (κ3) is 4.36. The number of nitrogens with one attached hydrogen (secondary N) is 3. The third-order valence-electron chi connectivity index (χ3n) is 6.57. The van der Waals surface area contributed by atoms with Gasteiger partial charge in [0.25, 0.3) is 5.91 Å². The summed E-state index contributed by atoms with van der Waals surface area (Å²) >= 11 is 0. The highest BCUT2D eigenvalue weighted by atomic mass is 19.1. The lowest BCUT2D eigenvalue weighted by Gasteiger charge is -2.56. The summed E-state index contributed by atoms with van der Waals surface area (Å²) in [6.07, 6.45) is 7.20. The van der Waals surface area contributed by atoms with Crippen LogP contribution < -0.4 is 21.7 Å². The number of primary amides is 1. The summed E-state index contributed by atoms with van der Waals surface area (Å²) in [6.45, 7) is 0.188. The molecule has 5 N–H and O–H groups in total. The zero-order chi connectivity index (χ0) is 20.6. The van der Waals surface area contributed by atoms with Gasteiger partial charge in [0.05, 0.1) is 5.56 Å². The van der Waals surface area contributed by atoms with Crippen molar-refractivity contribution in [2.75, 3.05) is 11.9 Å². The Hall–Kier alpha value is -2.64. The first kappa shape index (κ1) is 19.7. The van der Waals surface area contributed by atoms with Crippen molar-refractivity contribution in [3.8, 4) is 0 Å². The van der Waals surface area contributed by atoms with Crippen molar-refractivity contribution in [2.24, 2.45) is 23.5 Å². The molecule has 7 nitrogen and oxygen atoms in total. The average molecular weight is 402 g/mol. The minimum absolute atomic E-state index is 0.0670. The molecule has 1 aromatic rings. The first-order valence-electron chi connectivity index (χ1n) is 10.3. The molecule has 0 heterocycles. The van der Waals surface area contributed by atoms with E-state index < -0.39 is 11.7 Å². The topological polar surface area (TPSA) is 113 Å². The van der Waals surface area contributed by atoms with E-state index in [4.69, 9.17) is 5.73 Å². The Balaban J connectivity index is 1.23. The van der Waals surface area contributed by atoms with Crippen LogP contribution in [0.2, 0.25) is 0 Å². The van der Waals surface area contributed by atoms with Crippen molar-refractivity contribution < 1.29 is 18.8 Å². The van der Waals surface area contributed by atoms with E-state index in [-0.39, 0.29) is 41.7 Å². The average Bonchev–Trinajstić information content (AvgIpc) is 2.61. The SMILES string of the molecule is NC(=O)c1cc(NC(=O)CCNC(=O)NC23CC4CC(CC(C4)C2)C3)ccc1F. The molecule has 4 amide bonds. The van der Waals surface area contributed by atoms with Gasteiger partial charge in [-0.15, -0.1) is 0 Å². The van der Waals surface area contributed by atoms with Crippen LogP contribution in [0.15, 0.2) is 18.2 Å². The minimum atomic E-state index is -0.901. The molecule has 0 aliphatic heterocycles. The van der Waals surface area contributed by atoms with E-state index >= 15 is 0 Å². The van der Waals surface area contributed by atoms with Crippen molar-refractivity contribution >= 4 is 23.5 Å². The van der Waals surface area contributed by atoms with Crippen LogP contribution in [-0.4, -0.2) is 29.9 Å². The first-order valence-corrected chi connectivity index (χ1v) is 10.3. The zero-order valence-electron chi connectivity index (χ0n) is 16.3. The predicted molar refractivity (Wildman–Crippen MR) is 106 cm³/mol. The fraction of sp³-hybridized carbons (Fsp3) is 0.571. The maximum atomic E-state index is 13.5. The quantitative estimate of drug-likeness (QED) is 0.586. The maximum absolute atomic E-state index is 13.5. The summed E-state index contributed by atoms with van der Waals surface area (Å²) in [5, 5.41) is 8.55. The van der Waals surface area contributed by atoms with E-state index in [2.05, 4.69) is 16.0 Å². The predicted octanol–water partition coefficient (Wildman–Crippen LogP) is 2.52. The molecule has 4 fully saturated rings. The summed E-state index contributed by atoms with van der Waals surface area (Å²) < 4.78 is 13.5. The fourth-order valence-corrected chi connectivity index (χ4v) is 5.85. The van der Waals surface area contributed by atoms with Crippen LogP contribution in [0.1, 0.15) is 55.3 Å². The number of anilines is 1. The molecule has 0 unspecified atom stereocenters. The first-order chi connectivity index (χ1) is 13.8. The van der Waals surface area contributed by atoms with Gasteiger partial charge in [0.1, 0.15) is 5.82 Å². The molecule has 156 valence electrons. The zero-order valence-corrected chi connectivity index (χ0v) is 16.3. The van der Waals surface area contributed by atoms with E-state index in [0.29, 0.717) is 0 Å². The Morgan fingerprint density at radius 2 is 1.69 bits per heavy atom. The standard InChI is InChI=1S/C21H27FN4O3/c22-17-2-1-15(8-16(17)19(23)28)25-18(27)3-4-24-20(29)26-21-9-12-5-13(10-21)7-14(6-12)11-21/h1-2,8,12-14H,3-7,9-11H2,(H2,23,28)(H,25,27)(H2,24,26,29). The number of benzene rings is 1. The lowest BCUT2D eigenvalue weighted by atomic mass is 9.53. The summed E-state index contributed by atoms with van der Waals surface area (Å²) in [4.78, 5) is 35.6. The van der Waals surface area contributed by atoms with E-state index in [0.717, 1.165) is 43.1 Å². The summed E-state index contributed by atoms with van der Waals surface area (Å²) in [7, 11) is 0. The van der Waals surface area contributed by atoms with Crippen LogP contribution in [0.4, 0.5) is 14.9 Å². The Labute approximate surface area is 169 Å². The lowest BCUT2D eigenvalue weighted by Crippen LogP contribution is -2.61. The molecular weight excluding hydrogens is 375 g/mol. The van der Waals surface area contributed by atoms with Crippen molar-refractivity contribution in [3.63, 3.8) is 0 Å². The Morgan fingerprint density at radius 3 is 2.28 bits per heavy atom. The molecule has 4 aliphatic rings. The number of halogens is 1. The highest BCUT2D eigenvalue weighted by Gasteiger charge is 2.51. The van der Waals surface area contributed by atoms with Gasteiger partial charge in [0.15, 0.2) is 0 Å². The van der Waals surface area contributed by atoms with Gasteiger partial charge < -0.3 is 21.7 Å². The van der Waals surface area contributed by atoms with Crippen LogP contribution >= 0.6 is 0 Å². The fourth-order valence-electron chi connectivity index (χ4n) is 5.85. The number of nitrogens with two attached hydrogens (primary N) is 1. The number of hydrogen-bond donors (Lipinski definition) is 4. The van der Waals surface area contributed by atoms with Gasteiger partial charge in [-0.2, -0.15) is 0 Å². The van der Waals surface area contributed by atoms with Gasteiger partial charge in [-0.1, -0.05) is 0 Å². The molecule has 8 heteroatoms. The molecule has 4 aliphatic carbocycles. The number of carbonyl (C=O) groups is 3. The Morgan fingerprint density at radius 1 is 1.07 bits per heavy atom. The highest BCUT2D eigenvalue weighted by Crippen LogP contribution is 2.55. The smallest absolute Gasteiger partial charge is 0.315 e. The summed E-state index contributed by atoms with van der Waals surface area (Å²) in [6, 6.07) is 3.40. The molecule has 1 aromatic carbocycles. The van der Waals surface area contributed by atoms with E-state index in [1.54, 1.807) is 0 Å². The largest absolute Gasteiger partial charge is 0.366 e. The second-order valence-corrected chi connectivity index (χ2v) is 8.94. The summed E-state index contributed by atoms with van der Waals surface area (Å²) in [5.41, 5.74) is 5.03. The molecule has 0 spiro atoms. The van der Waals surface area contributed by atoms with Gasteiger partial charge in [0, 0.05) is 24.2 Å². The van der Waals surface area contributed by atoms with Gasteiger partial charge >= 0.3 is 6.03 Å². The highest BCUT2D eigenvalue weighted by molar-refractivity contribution is 5.96. The molecular formula is C21H27FN4O3. The molecule has 4 saturated carbocycles. The van der Waals surface area contributed by atoms with E-state index in [9.17, 15) is 18.8 Å². The van der Waals surface area contributed by atoms with Gasteiger partial charge in [-0.3, -0.25) is 9.59 Å². The van der Waals surface area contributed by atoms with Crippen LogP contribution in [-0.2, 0) is 4.79 Å². The number of amides is 4. The third-order valence-corrected chi connectivity index (χ3v) is 6.57. The monoisotopic (exact) mass is 402 g/mol. The second kappa shape index (κ2) is 7.65. The number of hydrogen-bond acceptors (Lipinski definition) is 3. The molecule has 0 atom stereocenters. The molecule has 0 saturated heterocycles. The van der Waals surface area contributed by atoms with Gasteiger partial charge in [0.2, 0.25) is 5.91 Å². The normalized spacial score (nSPS) is 29.3. The molecule has 5 rings (SSSR count). The molecule has 4 bridgehead atoms. The van der Waals surface area contributed by atoms with E-state index in [1.807, 2.05) is 0 Å². The second-order valence-electron chi connectivity index (χ2n) is 8.94. The molecule has 0 aromatic heterocycles. The molecule has 29 heavy (non-hydrogen) atoms. The Kier molecular flexibility index (Phi) is 5.19. The van der Waals surface area contributed by atoms with Crippen molar-refractivity contribution in [2.45, 2.75) is 50.5 Å². The maximum Gasteiger partial charge on any atom is 0.315 e. The number of urea groups is 1. The number of carbonyl (C=O) groups excluding carboxylic acids is 3. The van der Waals surface area contributed by atoms with Crippen LogP contribution in [0.5, 0.6) is 0 Å². The molecule has 0 radical (unpaired) electrons. The van der Waals surface area contributed by atoms with E-state index in [1.165, 1.54) is 31.4 Å². The van der Waals surface area contributed by atoms with Crippen molar-refractivity contribution in [1.82, 2.24) is 10.6 Å². The number of rotatable bonds is 6. The van der Waals surface area contributed by atoms with Crippen molar-refractivity contribution in [1.29, 1.82) is 0 Å². The van der Waals surface area contributed by atoms with Crippen LogP contribution in [0.25, 0.3) is 0 Å². The van der Waals surface area contributed by atoms with Gasteiger partial charge in [-0.25, -0.2) is 9.18 Å². The van der Waals surface area contributed by atoms with Crippen molar-refractivity contribution in [3.05, 3.63) is 29.6 Å². The lowest BCUT2D eigenvalue weighted by molar-refractivity contribution is -0.116. The van der Waals surface area contributed by atoms with Crippen LogP contribution in [0.3, 0.4) is 0 Å². The van der Waals surface area contributed by atoms with Crippen LogP contribution in [0, 0.1) is 23.6 Å². The summed E-state index contributed by atoms with van der Waals surface area (Å²) in [5.74, 6) is 0.247. The minimum Gasteiger partial charge on any atom is -0.366 e. The Bertz CT molecular complexity index is 806.